The molecule has 0 aliphatic heterocycles. The summed E-state index contributed by atoms with van der Waals surface area (Å²) in [5.41, 5.74) is 0. The summed E-state index contributed by atoms with van der Waals surface area (Å²) in [7, 11) is -4.74. The fourth-order valence-corrected chi connectivity index (χ4v) is 5.05. The molecule has 1 aliphatic carbocycles. The maximum absolute atomic E-state index is 12.7. The molecule has 2 unspecified atom stereocenters. The minimum Gasteiger partial charge on any atom is -0.343 e. The summed E-state index contributed by atoms with van der Waals surface area (Å²) in [6.45, 7) is 11.4. The van der Waals surface area contributed by atoms with Crippen LogP contribution in [0.4, 0.5) is 0 Å². The molecule has 1 N–H and O–H groups in total. The molecule has 0 aromatic rings. The van der Waals surface area contributed by atoms with Gasteiger partial charge in [0, 0.05) is 11.2 Å². The summed E-state index contributed by atoms with van der Waals surface area (Å²) < 4.78 is 25.3. The van der Waals surface area contributed by atoms with Crippen molar-refractivity contribution in [2.75, 3.05) is 12.6 Å². The molecule has 1 rings (SSSR count). The van der Waals surface area contributed by atoms with Crippen molar-refractivity contribution in [3.63, 3.8) is 0 Å². The van der Waals surface area contributed by atoms with Crippen LogP contribution in [0, 0.1) is 0 Å². The second-order valence-corrected chi connectivity index (χ2v) is 14.0. The van der Waals surface area contributed by atoms with Crippen molar-refractivity contribution >= 4 is 15.2 Å². The molecule has 0 spiro atoms. The third kappa shape index (κ3) is 5.71. The summed E-state index contributed by atoms with van der Waals surface area (Å²) in [5.74, 6) is 0. The van der Waals surface area contributed by atoms with Crippen LogP contribution in [0.3, 0.4) is 0 Å². The Bertz CT molecular complexity index is 432. The maximum atomic E-state index is 12.7. The highest BCUT2D eigenvalue weighted by molar-refractivity contribution is 7.59. The third-order valence-corrected chi connectivity index (χ3v) is 9.53. The van der Waals surface area contributed by atoms with Crippen LogP contribution in [0.15, 0.2) is 0 Å². The van der Waals surface area contributed by atoms with E-state index in [-0.39, 0.29) is 11.4 Å². The van der Waals surface area contributed by atoms with E-state index in [1.54, 1.807) is 0 Å². The summed E-state index contributed by atoms with van der Waals surface area (Å²) in [5, 5.41) is -0.892. The van der Waals surface area contributed by atoms with Gasteiger partial charge < -0.3 is 4.89 Å². The van der Waals surface area contributed by atoms with Gasteiger partial charge in [0.05, 0.1) is 6.29 Å². The Labute approximate surface area is 137 Å². The molecule has 6 heteroatoms. The van der Waals surface area contributed by atoms with Crippen LogP contribution in [0.25, 0.3) is 0 Å². The Morgan fingerprint density at radius 1 is 1.09 bits per heavy atom. The van der Waals surface area contributed by atoms with Crippen LogP contribution in [-0.4, -0.2) is 38.7 Å². The normalized spacial score (nSPS) is 21.7. The van der Waals surface area contributed by atoms with E-state index in [1.807, 2.05) is 41.5 Å². The first kappa shape index (κ1) is 20.3. The first-order chi connectivity index (χ1) is 9.84. The first-order valence-electron chi connectivity index (χ1n) is 8.35. The van der Waals surface area contributed by atoms with Crippen molar-refractivity contribution in [3.8, 4) is 0 Å². The van der Waals surface area contributed by atoms with E-state index in [2.05, 4.69) is 4.90 Å². The Morgan fingerprint density at radius 2 is 1.59 bits per heavy atom. The van der Waals surface area contributed by atoms with Gasteiger partial charge in [-0.2, -0.15) is 0 Å². The summed E-state index contributed by atoms with van der Waals surface area (Å²) in [4.78, 5) is 12.6. The standard InChI is InChI=1S/C16H33NO3P2/c1-15(2,3)21(18)12-17(14-10-8-7-9-11-14)13-22(19,20)16(4,5)6/h14H,7-13H2,1-6H3/p+1. The van der Waals surface area contributed by atoms with Gasteiger partial charge in [-0.1, -0.05) is 44.6 Å². The summed E-state index contributed by atoms with van der Waals surface area (Å²) >= 11 is 0. The monoisotopic (exact) mass is 350 g/mol. The molecular formula is C16H34NO3P2+. The maximum Gasteiger partial charge on any atom is 0.359 e. The molecule has 0 heterocycles. The Kier molecular flexibility index (Phi) is 6.85. The lowest BCUT2D eigenvalue weighted by molar-refractivity contribution is 0.198. The van der Waals surface area contributed by atoms with E-state index in [1.165, 1.54) is 19.3 Å². The van der Waals surface area contributed by atoms with Crippen LogP contribution in [0.2, 0.25) is 0 Å². The van der Waals surface area contributed by atoms with Crippen LogP contribution in [0.1, 0.15) is 73.6 Å². The highest BCUT2D eigenvalue weighted by Crippen LogP contribution is 2.55. The second-order valence-electron chi connectivity index (χ2n) is 8.59. The SMILES string of the molecule is CC(C)(C)[P+](=O)CN(CP(=O)(O)C(C)(C)C)C1CCCCC1. The van der Waals surface area contributed by atoms with Crippen LogP contribution < -0.4 is 0 Å². The predicted molar refractivity (Wildman–Crippen MR) is 95.4 cm³/mol. The van der Waals surface area contributed by atoms with Crippen LogP contribution in [0.5, 0.6) is 0 Å². The van der Waals surface area contributed by atoms with Gasteiger partial charge in [-0.05, 0) is 33.6 Å². The fraction of sp³-hybridized carbons (Fsp3) is 1.00. The lowest BCUT2D eigenvalue weighted by Crippen LogP contribution is -2.40. The molecule has 0 aromatic carbocycles. The number of nitrogens with zero attached hydrogens (tertiary/aromatic N) is 1. The Morgan fingerprint density at radius 3 is 2.00 bits per heavy atom. The van der Waals surface area contributed by atoms with Gasteiger partial charge in [0.25, 0.3) is 0 Å². The Hall–Kier alpha value is 0.250. The van der Waals surface area contributed by atoms with Crippen molar-refractivity contribution in [2.45, 2.75) is 90.0 Å². The molecule has 0 saturated heterocycles. The van der Waals surface area contributed by atoms with Gasteiger partial charge in [0.1, 0.15) is 0 Å². The van der Waals surface area contributed by atoms with E-state index < -0.39 is 20.3 Å². The van der Waals surface area contributed by atoms with Crippen molar-refractivity contribution < 1.29 is 14.0 Å². The fourth-order valence-electron chi connectivity index (χ4n) is 2.56. The lowest BCUT2D eigenvalue weighted by Gasteiger charge is -2.36. The molecule has 1 aliphatic rings. The quantitative estimate of drug-likeness (QED) is 0.690. The largest absolute Gasteiger partial charge is 0.359 e. The molecule has 1 fully saturated rings. The smallest absolute Gasteiger partial charge is 0.343 e. The number of hydrogen-bond acceptors (Lipinski definition) is 3. The topological polar surface area (TPSA) is 57.6 Å². The van der Waals surface area contributed by atoms with Crippen molar-refractivity contribution in [2.24, 2.45) is 0 Å². The lowest BCUT2D eigenvalue weighted by atomic mass is 9.95. The summed E-state index contributed by atoms with van der Waals surface area (Å²) in [6.07, 6.45) is 6.28. The summed E-state index contributed by atoms with van der Waals surface area (Å²) in [6, 6.07) is 0.304. The first-order valence-corrected chi connectivity index (χ1v) is 11.6. The Balaban J connectivity index is 2.91. The van der Waals surface area contributed by atoms with E-state index >= 15 is 0 Å². The molecular weight excluding hydrogens is 316 g/mol. The van der Waals surface area contributed by atoms with Gasteiger partial charge in [-0.15, -0.1) is 0 Å². The predicted octanol–water partition coefficient (Wildman–Crippen LogP) is 5.23. The van der Waals surface area contributed by atoms with Crippen LogP contribution >= 0.6 is 15.2 Å². The molecule has 130 valence electrons. The molecule has 0 radical (unpaired) electrons. The van der Waals surface area contributed by atoms with Gasteiger partial charge in [0.15, 0.2) is 5.16 Å². The van der Waals surface area contributed by atoms with Gasteiger partial charge in [-0.3, -0.25) is 4.57 Å². The van der Waals surface area contributed by atoms with Gasteiger partial charge in [-0.25, -0.2) is 4.90 Å². The van der Waals surface area contributed by atoms with Crippen molar-refractivity contribution in [1.82, 2.24) is 4.90 Å². The van der Waals surface area contributed by atoms with E-state index in [9.17, 15) is 14.0 Å². The van der Waals surface area contributed by atoms with Gasteiger partial charge in [0.2, 0.25) is 13.7 Å². The van der Waals surface area contributed by atoms with E-state index in [4.69, 9.17) is 0 Å². The number of hydrogen-bond donors (Lipinski definition) is 1. The third-order valence-electron chi connectivity index (χ3n) is 4.57. The zero-order valence-corrected chi connectivity index (χ0v) is 16.9. The number of rotatable bonds is 5. The molecule has 1 saturated carbocycles. The minimum absolute atomic E-state index is 0.165. The molecule has 22 heavy (non-hydrogen) atoms. The highest BCUT2D eigenvalue weighted by Gasteiger charge is 2.43. The second kappa shape index (κ2) is 7.43. The average Bonchev–Trinajstić information content (AvgIpc) is 2.36. The van der Waals surface area contributed by atoms with Crippen molar-refractivity contribution in [1.29, 1.82) is 0 Å². The zero-order valence-electron chi connectivity index (χ0n) is 15.1. The van der Waals surface area contributed by atoms with Crippen LogP contribution in [-0.2, 0) is 9.13 Å². The molecule has 0 amide bonds. The highest BCUT2D eigenvalue weighted by atomic mass is 31.2. The van der Waals surface area contributed by atoms with E-state index in [0.717, 1.165) is 12.8 Å². The van der Waals surface area contributed by atoms with Crippen molar-refractivity contribution in [3.05, 3.63) is 0 Å². The molecule has 4 nitrogen and oxygen atoms in total. The average molecular weight is 350 g/mol. The zero-order chi connectivity index (χ0) is 17.2. The molecule has 2 atom stereocenters. The molecule has 0 aromatic heterocycles. The van der Waals surface area contributed by atoms with E-state index in [0.29, 0.717) is 12.3 Å². The minimum atomic E-state index is -3.31. The van der Waals surface area contributed by atoms with Gasteiger partial charge >= 0.3 is 7.80 Å². The molecule has 0 bridgehead atoms.